The summed E-state index contributed by atoms with van der Waals surface area (Å²) in [5.41, 5.74) is 7.85. The van der Waals surface area contributed by atoms with Crippen LogP contribution in [0.1, 0.15) is 21.6 Å². The van der Waals surface area contributed by atoms with Crippen molar-refractivity contribution in [1.29, 1.82) is 0 Å². The summed E-state index contributed by atoms with van der Waals surface area (Å²) < 4.78 is 0. The van der Waals surface area contributed by atoms with Gasteiger partial charge in [0.1, 0.15) is 5.69 Å². The molecule has 0 bridgehead atoms. The van der Waals surface area contributed by atoms with E-state index < -0.39 is 0 Å². The first-order chi connectivity index (χ1) is 9.20. The average molecular weight is 256 g/mol. The molecule has 5 nitrogen and oxygen atoms in total. The van der Waals surface area contributed by atoms with Crippen molar-refractivity contribution in [1.82, 2.24) is 14.9 Å². The van der Waals surface area contributed by atoms with Crippen LogP contribution >= 0.6 is 0 Å². The van der Waals surface area contributed by atoms with E-state index in [0.717, 1.165) is 11.1 Å². The molecule has 1 amide bonds. The molecule has 0 aliphatic heterocycles. The highest BCUT2D eigenvalue weighted by atomic mass is 16.2. The van der Waals surface area contributed by atoms with E-state index in [-0.39, 0.29) is 5.91 Å². The molecule has 2 aromatic heterocycles. The van der Waals surface area contributed by atoms with Gasteiger partial charge in [-0.3, -0.25) is 14.8 Å². The molecule has 0 aliphatic carbocycles. The molecule has 2 rings (SSSR count). The molecule has 0 atom stereocenters. The molecule has 19 heavy (non-hydrogen) atoms. The topological polar surface area (TPSA) is 72.1 Å². The fourth-order valence-electron chi connectivity index (χ4n) is 1.75. The minimum absolute atomic E-state index is 0.126. The van der Waals surface area contributed by atoms with E-state index in [2.05, 4.69) is 9.97 Å². The van der Waals surface area contributed by atoms with Crippen molar-refractivity contribution in [2.45, 2.75) is 13.1 Å². The van der Waals surface area contributed by atoms with Crippen LogP contribution < -0.4 is 5.73 Å². The molecule has 2 aromatic rings. The van der Waals surface area contributed by atoms with Crippen LogP contribution in [0, 0.1) is 0 Å². The second-order valence-electron chi connectivity index (χ2n) is 4.28. The molecular formula is C14H16N4O. The van der Waals surface area contributed by atoms with Crippen LogP contribution in [0.5, 0.6) is 0 Å². The fraction of sp³-hybridized carbons (Fsp3) is 0.214. The minimum atomic E-state index is -0.126. The number of aromatic nitrogens is 2. The zero-order chi connectivity index (χ0) is 13.7. The maximum absolute atomic E-state index is 12.2. The van der Waals surface area contributed by atoms with Gasteiger partial charge in [0.25, 0.3) is 5.91 Å². The van der Waals surface area contributed by atoms with Crippen LogP contribution in [-0.2, 0) is 13.1 Å². The predicted octanol–water partition coefficient (Wildman–Crippen LogP) is 1.21. The van der Waals surface area contributed by atoms with Gasteiger partial charge < -0.3 is 10.6 Å². The van der Waals surface area contributed by atoms with E-state index in [1.54, 1.807) is 42.7 Å². The Kier molecular flexibility index (Phi) is 4.20. The van der Waals surface area contributed by atoms with Crippen LogP contribution in [-0.4, -0.2) is 27.8 Å². The highest BCUT2D eigenvalue weighted by Gasteiger charge is 2.13. The van der Waals surface area contributed by atoms with Crippen molar-refractivity contribution in [3.8, 4) is 0 Å². The molecule has 98 valence electrons. The van der Waals surface area contributed by atoms with Crippen molar-refractivity contribution in [2.24, 2.45) is 5.73 Å². The Morgan fingerprint density at radius 3 is 2.84 bits per heavy atom. The van der Waals surface area contributed by atoms with E-state index in [9.17, 15) is 4.79 Å². The second kappa shape index (κ2) is 6.06. The fourth-order valence-corrected chi connectivity index (χ4v) is 1.75. The van der Waals surface area contributed by atoms with E-state index in [1.807, 2.05) is 12.1 Å². The van der Waals surface area contributed by atoms with Crippen LogP contribution in [0.15, 0.2) is 42.9 Å². The third kappa shape index (κ3) is 3.35. The maximum Gasteiger partial charge on any atom is 0.272 e. The molecule has 0 saturated heterocycles. The van der Waals surface area contributed by atoms with Gasteiger partial charge in [-0.1, -0.05) is 6.07 Å². The molecule has 0 saturated carbocycles. The van der Waals surface area contributed by atoms with E-state index in [4.69, 9.17) is 5.73 Å². The van der Waals surface area contributed by atoms with Gasteiger partial charge in [0.15, 0.2) is 0 Å². The summed E-state index contributed by atoms with van der Waals surface area (Å²) in [5, 5.41) is 0. The van der Waals surface area contributed by atoms with Gasteiger partial charge in [-0.15, -0.1) is 0 Å². The first kappa shape index (κ1) is 13.2. The van der Waals surface area contributed by atoms with Gasteiger partial charge in [-0.05, 0) is 29.3 Å². The molecule has 0 unspecified atom stereocenters. The number of rotatable bonds is 4. The van der Waals surface area contributed by atoms with Crippen LogP contribution in [0.4, 0.5) is 0 Å². The number of pyridine rings is 2. The minimum Gasteiger partial charge on any atom is -0.336 e. The van der Waals surface area contributed by atoms with E-state index >= 15 is 0 Å². The monoisotopic (exact) mass is 256 g/mol. The van der Waals surface area contributed by atoms with E-state index in [1.165, 1.54) is 0 Å². The number of nitrogens with zero attached hydrogens (tertiary/aromatic N) is 3. The molecule has 2 heterocycles. The van der Waals surface area contributed by atoms with Crippen molar-refractivity contribution in [3.63, 3.8) is 0 Å². The average Bonchev–Trinajstić information content (AvgIpc) is 2.47. The molecule has 0 radical (unpaired) electrons. The van der Waals surface area contributed by atoms with Gasteiger partial charge in [0.2, 0.25) is 0 Å². The number of carbonyl (C=O) groups is 1. The molecule has 0 aliphatic rings. The highest BCUT2D eigenvalue weighted by Crippen LogP contribution is 2.07. The first-order valence-corrected chi connectivity index (χ1v) is 6.00. The standard InChI is InChI=1S/C14H16N4O/c1-18(10-12-3-2-5-16-9-12)14(19)13-7-11(8-15)4-6-17-13/h2-7,9H,8,10,15H2,1H3. The summed E-state index contributed by atoms with van der Waals surface area (Å²) in [6.07, 6.45) is 5.05. The maximum atomic E-state index is 12.2. The lowest BCUT2D eigenvalue weighted by atomic mass is 10.2. The number of hydrogen-bond acceptors (Lipinski definition) is 4. The van der Waals surface area contributed by atoms with Gasteiger partial charge >= 0.3 is 0 Å². The summed E-state index contributed by atoms with van der Waals surface area (Å²) in [7, 11) is 1.74. The predicted molar refractivity (Wildman–Crippen MR) is 72.2 cm³/mol. The molecule has 0 fully saturated rings. The van der Waals surface area contributed by atoms with Gasteiger partial charge in [-0.2, -0.15) is 0 Å². The zero-order valence-corrected chi connectivity index (χ0v) is 10.8. The molecule has 0 spiro atoms. The number of nitrogens with two attached hydrogens (primary N) is 1. The van der Waals surface area contributed by atoms with E-state index in [0.29, 0.717) is 18.8 Å². The first-order valence-electron chi connectivity index (χ1n) is 6.00. The molecule has 2 N–H and O–H groups in total. The Hall–Kier alpha value is -2.27. The van der Waals surface area contributed by atoms with Crippen molar-refractivity contribution < 1.29 is 4.79 Å². The highest BCUT2D eigenvalue weighted by molar-refractivity contribution is 5.92. The van der Waals surface area contributed by atoms with Gasteiger partial charge in [0, 0.05) is 38.7 Å². The molecule has 0 aromatic carbocycles. The Labute approximate surface area is 112 Å². The Morgan fingerprint density at radius 2 is 2.16 bits per heavy atom. The SMILES string of the molecule is CN(Cc1cccnc1)C(=O)c1cc(CN)ccn1. The van der Waals surface area contributed by atoms with Gasteiger partial charge in [-0.25, -0.2) is 0 Å². The Morgan fingerprint density at radius 1 is 1.32 bits per heavy atom. The smallest absolute Gasteiger partial charge is 0.272 e. The number of carbonyl (C=O) groups excluding carboxylic acids is 1. The summed E-state index contributed by atoms with van der Waals surface area (Å²) in [6, 6.07) is 7.31. The third-order valence-corrected chi connectivity index (χ3v) is 2.77. The molecular weight excluding hydrogens is 240 g/mol. The normalized spacial score (nSPS) is 10.2. The largest absolute Gasteiger partial charge is 0.336 e. The van der Waals surface area contributed by atoms with Crippen molar-refractivity contribution >= 4 is 5.91 Å². The lowest BCUT2D eigenvalue weighted by Gasteiger charge is -2.16. The Balaban J connectivity index is 2.10. The van der Waals surface area contributed by atoms with Crippen LogP contribution in [0.25, 0.3) is 0 Å². The van der Waals surface area contributed by atoms with Crippen LogP contribution in [0.2, 0.25) is 0 Å². The summed E-state index contributed by atoms with van der Waals surface area (Å²) >= 11 is 0. The summed E-state index contributed by atoms with van der Waals surface area (Å²) in [6.45, 7) is 0.899. The second-order valence-corrected chi connectivity index (χ2v) is 4.28. The zero-order valence-electron chi connectivity index (χ0n) is 10.8. The lowest BCUT2D eigenvalue weighted by Crippen LogP contribution is -2.27. The quantitative estimate of drug-likeness (QED) is 0.892. The number of amides is 1. The van der Waals surface area contributed by atoms with Crippen molar-refractivity contribution in [3.05, 3.63) is 59.7 Å². The lowest BCUT2D eigenvalue weighted by molar-refractivity contribution is 0.0779. The summed E-state index contributed by atoms with van der Waals surface area (Å²) in [4.78, 5) is 21.9. The third-order valence-electron chi connectivity index (χ3n) is 2.77. The summed E-state index contributed by atoms with van der Waals surface area (Å²) in [5.74, 6) is -0.126. The Bertz CT molecular complexity index is 556. The number of hydrogen-bond donors (Lipinski definition) is 1. The van der Waals surface area contributed by atoms with Gasteiger partial charge in [0.05, 0.1) is 0 Å². The van der Waals surface area contributed by atoms with Crippen molar-refractivity contribution in [2.75, 3.05) is 7.05 Å². The van der Waals surface area contributed by atoms with Crippen LogP contribution in [0.3, 0.4) is 0 Å². The molecule has 5 heteroatoms.